The zero-order valence-electron chi connectivity index (χ0n) is 11.1. The van der Waals surface area contributed by atoms with Crippen LogP contribution < -0.4 is 5.32 Å². The molecule has 1 saturated heterocycles. The van der Waals surface area contributed by atoms with E-state index in [4.69, 9.17) is 0 Å². The molecule has 0 saturated carbocycles. The largest absolute Gasteiger partial charge is 0.384 e. The third-order valence-electron chi connectivity index (χ3n) is 4.11. The number of anilines is 1. The van der Waals surface area contributed by atoms with Gasteiger partial charge in [0, 0.05) is 30.4 Å². The number of likely N-dealkylation sites (tertiary alicyclic amines) is 1. The Morgan fingerprint density at radius 2 is 2.22 bits per heavy atom. The molecule has 18 heavy (non-hydrogen) atoms. The fourth-order valence-corrected chi connectivity index (χ4v) is 3.19. The number of hydrogen-bond acceptors (Lipinski definition) is 2. The predicted molar refractivity (Wildman–Crippen MR) is 72.9 cm³/mol. The van der Waals surface area contributed by atoms with Gasteiger partial charge in [0.25, 0.3) is 5.91 Å². The molecule has 1 fully saturated rings. The lowest BCUT2D eigenvalue weighted by atomic mass is 10.1. The van der Waals surface area contributed by atoms with Crippen LogP contribution in [-0.2, 0) is 6.42 Å². The van der Waals surface area contributed by atoms with E-state index >= 15 is 0 Å². The Bertz CT molecular complexity index is 483. The van der Waals surface area contributed by atoms with E-state index in [-0.39, 0.29) is 5.91 Å². The molecule has 2 heterocycles. The number of nitrogens with zero attached hydrogens (tertiary/aromatic N) is 1. The van der Waals surface area contributed by atoms with Gasteiger partial charge < -0.3 is 10.2 Å². The van der Waals surface area contributed by atoms with Gasteiger partial charge in [0.15, 0.2) is 0 Å². The smallest absolute Gasteiger partial charge is 0.254 e. The summed E-state index contributed by atoms with van der Waals surface area (Å²) >= 11 is 0. The summed E-state index contributed by atoms with van der Waals surface area (Å²) in [6.07, 6.45) is 2.15. The Morgan fingerprint density at radius 3 is 2.94 bits per heavy atom. The number of fused-ring (bicyclic) bond motifs is 1. The molecule has 2 aliphatic rings. The molecule has 0 spiro atoms. The Morgan fingerprint density at radius 1 is 1.39 bits per heavy atom. The summed E-state index contributed by atoms with van der Waals surface area (Å²) in [7, 11) is 0. The lowest BCUT2D eigenvalue weighted by Crippen LogP contribution is -2.33. The fraction of sp³-hybridized carbons (Fsp3) is 0.533. The average Bonchev–Trinajstić information content (AvgIpc) is 2.93. The molecule has 0 aliphatic carbocycles. The maximum absolute atomic E-state index is 12.5. The summed E-state index contributed by atoms with van der Waals surface area (Å²) in [6, 6.07) is 6.43. The van der Waals surface area contributed by atoms with Crippen molar-refractivity contribution in [2.45, 2.75) is 32.7 Å². The average molecular weight is 244 g/mol. The summed E-state index contributed by atoms with van der Waals surface area (Å²) in [4.78, 5) is 14.5. The molecule has 3 rings (SSSR count). The van der Waals surface area contributed by atoms with Crippen LogP contribution in [0.2, 0.25) is 0 Å². The van der Waals surface area contributed by atoms with Crippen molar-refractivity contribution in [3.05, 3.63) is 29.3 Å². The summed E-state index contributed by atoms with van der Waals surface area (Å²) < 4.78 is 0. The Kier molecular flexibility index (Phi) is 2.77. The van der Waals surface area contributed by atoms with Crippen LogP contribution in [0.5, 0.6) is 0 Å². The molecule has 2 aliphatic heterocycles. The second-order valence-electron chi connectivity index (χ2n) is 5.70. The lowest BCUT2D eigenvalue weighted by Gasteiger charge is -2.21. The van der Waals surface area contributed by atoms with Crippen molar-refractivity contribution in [2.75, 3.05) is 18.4 Å². The zero-order chi connectivity index (χ0) is 12.7. The van der Waals surface area contributed by atoms with Gasteiger partial charge in [-0.3, -0.25) is 4.79 Å². The van der Waals surface area contributed by atoms with Crippen molar-refractivity contribution in [3.8, 4) is 0 Å². The van der Waals surface area contributed by atoms with E-state index in [0.717, 1.165) is 31.5 Å². The molecule has 1 aromatic carbocycles. The molecule has 3 nitrogen and oxygen atoms in total. The summed E-state index contributed by atoms with van der Waals surface area (Å²) in [5.41, 5.74) is 3.31. The SMILES string of the molecule is CC1CC(C)N(C(=O)c2ccc3c(c2)CCN3)C1. The molecule has 3 heteroatoms. The quantitative estimate of drug-likeness (QED) is 0.823. The molecular weight excluding hydrogens is 224 g/mol. The minimum absolute atomic E-state index is 0.196. The highest BCUT2D eigenvalue weighted by atomic mass is 16.2. The van der Waals surface area contributed by atoms with E-state index in [0.29, 0.717) is 12.0 Å². The van der Waals surface area contributed by atoms with Crippen LogP contribution in [0.25, 0.3) is 0 Å². The molecular formula is C15H20N2O. The first-order chi connectivity index (χ1) is 8.65. The summed E-state index contributed by atoms with van der Waals surface area (Å²) in [6.45, 7) is 6.26. The van der Waals surface area contributed by atoms with E-state index < -0.39 is 0 Å². The molecule has 0 radical (unpaired) electrons. The molecule has 0 aromatic heterocycles. The van der Waals surface area contributed by atoms with Gasteiger partial charge in [0.05, 0.1) is 0 Å². The molecule has 1 N–H and O–H groups in total. The second-order valence-corrected chi connectivity index (χ2v) is 5.70. The first-order valence-electron chi connectivity index (χ1n) is 6.83. The summed E-state index contributed by atoms with van der Waals surface area (Å²) in [5, 5.41) is 3.33. The van der Waals surface area contributed by atoms with Gasteiger partial charge in [-0.1, -0.05) is 6.92 Å². The normalized spacial score (nSPS) is 26.0. The van der Waals surface area contributed by atoms with Crippen LogP contribution in [-0.4, -0.2) is 29.9 Å². The molecule has 0 bridgehead atoms. The van der Waals surface area contributed by atoms with Gasteiger partial charge in [-0.2, -0.15) is 0 Å². The van der Waals surface area contributed by atoms with Crippen molar-refractivity contribution in [3.63, 3.8) is 0 Å². The van der Waals surface area contributed by atoms with Crippen molar-refractivity contribution in [1.29, 1.82) is 0 Å². The van der Waals surface area contributed by atoms with Crippen LogP contribution in [0.4, 0.5) is 5.69 Å². The second kappa shape index (κ2) is 4.30. The van der Waals surface area contributed by atoms with Crippen LogP contribution in [0.15, 0.2) is 18.2 Å². The Balaban J connectivity index is 1.84. The Hall–Kier alpha value is -1.51. The minimum Gasteiger partial charge on any atom is -0.384 e. The van der Waals surface area contributed by atoms with Gasteiger partial charge in [0.1, 0.15) is 0 Å². The number of nitrogens with one attached hydrogen (secondary N) is 1. The molecule has 96 valence electrons. The molecule has 2 atom stereocenters. The molecule has 1 amide bonds. The topological polar surface area (TPSA) is 32.3 Å². The van der Waals surface area contributed by atoms with Gasteiger partial charge in [-0.25, -0.2) is 0 Å². The number of rotatable bonds is 1. The Labute approximate surface area is 108 Å². The molecule has 2 unspecified atom stereocenters. The standard InChI is InChI=1S/C15H20N2O/c1-10-7-11(2)17(9-10)15(18)13-3-4-14-12(8-13)5-6-16-14/h3-4,8,10-11,16H,5-7,9H2,1-2H3. The van der Waals surface area contributed by atoms with Crippen molar-refractivity contribution >= 4 is 11.6 Å². The highest BCUT2D eigenvalue weighted by molar-refractivity contribution is 5.95. The maximum Gasteiger partial charge on any atom is 0.254 e. The minimum atomic E-state index is 0.196. The fourth-order valence-electron chi connectivity index (χ4n) is 3.19. The number of carbonyl (C=O) groups is 1. The van der Waals surface area contributed by atoms with Crippen LogP contribution >= 0.6 is 0 Å². The van der Waals surface area contributed by atoms with E-state index in [1.807, 2.05) is 17.0 Å². The van der Waals surface area contributed by atoms with E-state index in [2.05, 4.69) is 25.2 Å². The zero-order valence-corrected chi connectivity index (χ0v) is 11.1. The number of carbonyl (C=O) groups excluding carboxylic acids is 1. The van der Waals surface area contributed by atoms with Crippen molar-refractivity contribution in [2.24, 2.45) is 5.92 Å². The van der Waals surface area contributed by atoms with E-state index in [1.165, 1.54) is 11.3 Å². The van der Waals surface area contributed by atoms with E-state index in [1.54, 1.807) is 0 Å². The van der Waals surface area contributed by atoms with E-state index in [9.17, 15) is 4.79 Å². The number of amides is 1. The van der Waals surface area contributed by atoms with Crippen LogP contribution in [0.3, 0.4) is 0 Å². The lowest BCUT2D eigenvalue weighted by molar-refractivity contribution is 0.0743. The first-order valence-corrected chi connectivity index (χ1v) is 6.83. The summed E-state index contributed by atoms with van der Waals surface area (Å²) in [5.74, 6) is 0.821. The van der Waals surface area contributed by atoms with Crippen molar-refractivity contribution in [1.82, 2.24) is 4.90 Å². The van der Waals surface area contributed by atoms with Gasteiger partial charge in [-0.05, 0) is 49.4 Å². The highest BCUT2D eigenvalue weighted by Crippen LogP contribution is 2.27. The number of benzene rings is 1. The van der Waals surface area contributed by atoms with Crippen LogP contribution in [0, 0.1) is 5.92 Å². The highest BCUT2D eigenvalue weighted by Gasteiger charge is 2.30. The predicted octanol–water partition coefficient (Wildman–Crippen LogP) is 2.53. The third-order valence-corrected chi connectivity index (χ3v) is 4.11. The van der Waals surface area contributed by atoms with Gasteiger partial charge in [0.2, 0.25) is 0 Å². The maximum atomic E-state index is 12.5. The van der Waals surface area contributed by atoms with Gasteiger partial charge in [-0.15, -0.1) is 0 Å². The van der Waals surface area contributed by atoms with Gasteiger partial charge >= 0.3 is 0 Å². The van der Waals surface area contributed by atoms with Crippen molar-refractivity contribution < 1.29 is 4.79 Å². The first kappa shape index (κ1) is 11.6. The molecule has 1 aromatic rings. The monoisotopic (exact) mass is 244 g/mol. The number of hydrogen-bond donors (Lipinski definition) is 1. The van der Waals surface area contributed by atoms with Crippen LogP contribution in [0.1, 0.15) is 36.2 Å². The third kappa shape index (κ3) is 1.88.